The number of carbonyl (C=O) groups is 1. The van der Waals surface area contributed by atoms with Crippen molar-refractivity contribution >= 4 is 17.4 Å². The van der Waals surface area contributed by atoms with Gasteiger partial charge < -0.3 is 10.2 Å². The highest BCUT2D eigenvalue weighted by Crippen LogP contribution is 2.22. The summed E-state index contributed by atoms with van der Waals surface area (Å²) in [5.74, 6) is 2.54. The van der Waals surface area contributed by atoms with E-state index in [2.05, 4.69) is 21.2 Å². The predicted octanol–water partition coefficient (Wildman–Crippen LogP) is 3.14. The molecule has 2 aromatic heterocycles. The van der Waals surface area contributed by atoms with Gasteiger partial charge in [0.05, 0.1) is 12.6 Å². The summed E-state index contributed by atoms with van der Waals surface area (Å²) in [5, 5.41) is 3.94. The second-order valence-electron chi connectivity index (χ2n) is 5.14. The number of hydrogen-bond acceptors (Lipinski definition) is 4. The molecule has 0 radical (unpaired) electrons. The Bertz CT molecular complexity index is 677. The van der Waals surface area contributed by atoms with Crippen molar-refractivity contribution in [1.29, 1.82) is 0 Å². The van der Waals surface area contributed by atoms with Crippen LogP contribution in [0.2, 0.25) is 0 Å². The average Bonchev–Trinajstić information content (AvgIpc) is 2.99. The van der Waals surface area contributed by atoms with Gasteiger partial charge in [-0.25, -0.2) is 9.78 Å². The predicted molar refractivity (Wildman–Crippen MR) is 91.9 cm³/mol. The summed E-state index contributed by atoms with van der Waals surface area (Å²) >= 11 is 1.60. The van der Waals surface area contributed by atoms with Crippen molar-refractivity contribution < 1.29 is 4.79 Å². The number of nitrogens with one attached hydrogen (secondary N) is 1. The molecule has 1 unspecified atom stereocenters. The minimum Gasteiger partial charge on any atom is -0.329 e. The fourth-order valence-corrected chi connectivity index (χ4v) is 3.04. The molecule has 2 rings (SSSR count). The van der Waals surface area contributed by atoms with Crippen molar-refractivity contribution in [1.82, 2.24) is 20.2 Å². The van der Waals surface area contributed by atoms with E-state index in [1.165, 1.54) is 0 Å². The zero-order valence-corrected chi connectivity index (χ0v) is 14.1. The van der Waals surface area contributed by atoms with E-state index in [-0.39, 0.29) is 18.6 Å². The fourth-order valence-electron chi connectivity index (χ4n) is 2.13. The van der Waals surface area contributed by atoms with E-state index in [4.69, 9.17) is 6.42 Å². The number of amides is 2. The quantitative estimate of drug-likeness (QED) is 0.829. The van der Waals surface area contributed by atoms with Crippen LogP contribution in [0.1, 0.15) is 34.8 Å². The molecule has 0 spiro atoms. The van der Waals surface area contributed by atoms with Gasteiger partial charge in [0.1, 0.15) is 5.01 Å². The molecule has 23 heavy (non-hydrogen) atoms. The van der Waals surface area contributed by atoms with Crippen LogP contribution in [0, 0.1) is 19.3 Å². The minimum atomic E-state index is -0.188. The van der Waals surface area contributed by atoms with Crippen molar-refractivity contribution in [2.45, 2.75) is 32.9 Å². The van der Waals surface area contributed by atoms with E-state index >= 15 is 0 Å². The maximum Gasteiger partial charge on any atom is 0.319 e. The molecule has 1 N–H and O–H groups in total. The molecule has 2 amide bonds. The molecule has 0 aromatic carbocycles. The third kappa shape index (κ3) is 4.80. The SMILES string of the molecule is C#CCN(Cc1cccnc1)C(=O)NC(CC)c1ncc(C)s1. The number of urea groups is 1. The second-order valence-corrected chi connectivity index (χ2v) is 6.41. The van der Waals surface area contributed by atoms with Crippen LogP contribution in [0.15, 0.2) is 30.7 Å². The molecular weight excluding hydrogens is 308 g/mol. The van der Waals surface area contributed by atoms with Gasteiger partial charge in [-0.1, -0.05) is 18.9 Å². The van der Waals surface area contributed by atoms with Crippen LogP contribution in [0.25, 0.3) is 0 Å². The number of thiazole rings is 1. The molecule has 6 heteroatoms. The lowest BCUT2D eigenvalue weighted by Crippen LogP contribution is -2.41. The van der Waals surface area contributed by atoms with Crippen LogP contribution in [-0.2, 0) is 6.54 Å². The Morgan fingerprint density at radius 1 is 1.52 bits per heavy atom. The lowest BCUT2D eigenvalue weighted by Gasteiger charge is -2.24. The Labute approximate surface area is 140 Å². The maximum absolute atomic E-state index is 12.6. The van der Waals surface area contributed by atoms with Gasteiger partial charge in [-0.2, -0.15) is 0 Å². The third-order valence-electron chi connectivity index (χ3n) is 3.31. The highest BCUT2D eigenvalue weighted by molar-refractivity contribution is 7.11. The maximum atomic E-state index is 12.6. The molecule has 0 aliphatic heterocycles. The Morgan fingerprint density at radius 2 is 2.35 bits per heavy atom. The number of terminal acetylenes is 1. The van der Waals surface area contributed by atoms with Gasteiger partial charge in [0.25, 0.3) is 0 Å². The van der Waals surface area contributed by atoms with E-state index in [1.54, 1.807) is 28.6 Å². The first-order chi connectivity index (χ1) is 11.1. The van der Waals surface area contributed by atoms with Crippen molar-refractivity contribution in [3.05, 3.63) is 46.2 Å². The van der Waals surface area contributed by atoms with Crippen molar-refractivity contribution in [2.75, 3.05) is 6.54 Å². The van der Waals surface area contributed by atoms with E-state index < -0.39 is 0 Å². The largest absolute Gasteiger partial charge is 0.329 e. The first-order valence-electron chi connectivity index (χ1n) is 7.44. The van der Waals surface area contributed by atoms with E-state index in [9.17, 15) is 4.79 Å². The van der Waals surface area contributed by atoms with Crippen LogP contribution in [0.3, 0.4) is 0 Å². The average molecular weight is 328 g/mol. The van der Waals surface area contributed by atoms with Gasteiger partial charge in [-0.15, -0.1) is 17.8 Å². The smallest absolute Gasteiger partial charge is 0.319 e. The van der Waals surface area contributed by atoms with Gasteiger partial charge in [0.15, 0.2) is 0 Å². The zero-order chi connectivity index (χ0) is 16.7. The normalized spacial score (nSPS) is 11.5. The number of hydrogen-bond donors (Lipinski definition) is 1. The Hall–Kier alpha value is -2.39. The summed E-state index contributed by atoms with van der Waals surface area (Å²) < 4.78 is 0. The molecule has 0 bridgehead atoms. The fraction of sp³-hybridized carbons (Fsp3) is 0.353. The molecule has 5 nitrogen and oxygen atoms in total. The summed E-state index contributed by atoms with van der Waals surface area (Å²) in [7, 11) is 0. The minimum absolute atomic E-state index is 0.102. The number of carbonyl (C=O) groups excluding carboxylic acids is 1. The number of nitrogens with zero attached hydrogens (tertiary/aromatic N) is 3. The Morgan fingerprint density at radius 3 is 2.91 bits per heavy atom. The number of aryl methyl sites for hydroxylation is 1. The van der Waals surface area contributed by atoms with E-state index in [0.717, 1.165) is 21.9 Å². The van der Waals surface area contributed by atoms with Crippen LogP contribution in [0.5, 0.6) is 0 Å². The van der Waals surface area contributed by atoms with Crippen molar-refractivity contribution in [3.63, 3.8) is 0 Å². The zero-order valence-electron chi connectivity index (χ0n) is 13.3. The molecular formula is C17H20N4OS. The molecule has 1 atom stereocenters. The summed E-state index contributed by atoms with van der Waals surface area (Å²) in [6.07, 6.45) is 11.4. The molecule has 0 fully saturated rings. The number of rotatable bonds is 6. The summed E-state index contributed by atoms with van der Waals surface area (Å²) in [6.45, 7) is 4.70. The molecule has 2 aromatic rings. The topological polar surface area (TPSA) is 58.1 Å². The van der Waals surface area contributed by atoms with Gasteiger partial charge in [-0.3, -0.25) is 4.98 Å². The van der Waals surface area contributed by atoms with Gasteiger partial charge in [0, 0.05) is 30.0 Å². The van der Waals surface area contributed by atoms with Crippen molar-refractivity contribution in [3.8, 4) is 12.3 Å². The molecule has 120 valence electrons. The van der Waals surface area contributed by atoms with Crippen molar-refractivity contribution in [2.24, 2.45) is 0 Å². The summed E-state index contributed by atoms with van der Waals surface area (Å²) in [5.41, 5.74) is 0.941. The van der Waals surface area contributed by atoms with Gasteiger partial charge in [0.2, 0.25) is 0 Å². The monoisotopic (exact) mass is 328 g/mol. The number of pyridine rings is 1. The number of aromatic nitrogens is 2. The first kappa shape index (κ1) is 17.0. The van der Waals surface area contributed by atoms with E-state index in [0.29, 0.717) is 6.54 Å². The molecule has 0 aliphatic carbocycles. The molecule has 0 aliphatic rings. The highest BCUT2D eigenvalue weighted by atomic mass is 32.1. The molecule has 0 saturated heterocycles. The lowest BCUT2D eigenvalue weighted by atomic mass is 10.2. The van der Waals surface area contributed by atoms with Crippen LogP contribution < -0.4 is 5.32 Å². The van der Waals surface area contributed by atoms with Crippen LogP contribution >= 0.6 is 11.3 Å². The lowest BCUT2D eigenvalue weighted by molar-refractivity contribution is 0.197. The highest BCUT2D eigenvalue weighted by Gasteiger charge is 2.20. The second kappa shape index (κ2) is 8.30. The summed E-state index contributed by atoms with van der Waals surface area (Å²) in [6, 6.07) is 3.47. The Balaban J connectivity index is 2.06. The van der Waals surface area contributed by atoms with Crippen LogP contribution in [0.4, 0.5) is 4.79 Å². The van der Waals surface area contributed by atoms with Gasteiger partial charge in [-0.05, 0) is 25.0 Å². The Kier molecular flexibility index (Phi) is 6.12. The van der Waals surface area contributed by atoms with Crippen LogP contribution in [-0.4, -0.2) is 27.4 Å². The summed E-state index contributed by atoms with van der Waals surface area (Å²) in [4.78, 5) is 23.7. The molecule has 2 heterocycles. The molecule has 0 saturated carbocycles. The first-order valence-corrected chi connectivity index (χ1v) is 8.25. The third-order valence-corrected chi connectivity index (χ3v) is 4.34. The van der Waals surface area contributed by atoms with E-state index in [1.807, 2.05) is 32.2 Å². The van der Waals surface area contributed by atoms with Gasteiger partial charge >= 0.3 is 6.03 Å². The standard InChI is InChI=1S/C17H20N4OS/c1-4-9-21(12-14-7-6-8-18-11-14)17(22)20-15(5-2)16-19-10-13(3)23-16/h1,6-8,10-11,15H,5,9,12H2,2-3H3,(H,20,22).